The number of hydrogen-bond donors (Lipinski definition) is 2. The van der Waals surface area contributed by atoms with Gasteiger partial charge in [-0.3, -0.25) is 48.5 Å². The lowest BCUT2D eigenvalue weighted by Gasteiger charge is -2.14. The summed E-state index contributed by atoms with van der Waals surface area (Å²) in [5.74, 6) is 4.99. The number of oxazole rings is 1. The first kappa shape index (κ1) is 72.8. The van der Waals surface area contributed by atoms with E-state index in [4.69, 9.17) is 70.1 Å². The predicted molar refractivity (Wildman–Crippen MR) is 389 cm³/mol. The van der Waals surface area contributed by atoms with Crippen molar-refractivity contribution >= 4 is 109 Å². The van der Waals surface area contributed by atoms with E-state index in [-0.39, 0.29) is 44.6 Å². The fourth-order valence-corrected chi connectivity index (χ4v) is 15.1. The van der Waals surface area contributed by atoms with Crippen LogP contribution in [0, 0.1) is 67.7 Å². The lowest BCUT2D eigenvalue weighted by atomic mass is 9.99. The monoisotopic (exact) mass is 1420 g/mol. The molecule has 10 aromatic rings. The molecule has 1 amide bonds. The van der Waals surface area contributed by atoms with E-state index in [1.54, 1.807) is 47.2 Å². The highest BCUT2D eigenvalue weighted by molar-refractivity contribution is 7.15. The number of ketones is 2. The minimum Gasteiger partial charge on any atom is -0.473 e. The second kappa shape index (κ2) is 31.4. The molecule has 0 spiro atoms. The zero-order valence-corrected chi connectivity index (χ0v) is 60.4. The summed E-state index contributed by atoms with van der Waals surface area (Å²) in [5.41, 5.74) is 18.6. The Kier molecular flexibility index (Phi) is 23.6. The number of benzene rings is 3. The normalized spacial score (nSPS) is 14.7. The number of aryl methyl sites for hydroxylation is 7. The van der Waals surface area contributed by atoms with Crippen molar-refractivity contribution in [1.29, 1.82) is 5.41 Å². The molecular formula is C71H78Cl3N15O5S3. The van der Waals surface area contributed by atoms with Crippen LogP contribution in [0.2, 0.25) is 15.1 Å². The SMILES string of the molecule is C.CCC(=O)CC.CCC(=O)COC(=N)C[C@@H]1N=C(c2ccc(Cl)cc2)c2c(sc(C)c2C)-n2c(C)nnc21.CCc1coc(C[C@@H]2N=C(c3ccc(Cl)cc3)c3c(sc(C)c3C)-n3c(C)nnc32)n1.Cc1sc2c(c1C)C(c1ccc(Cl)cc1)=N[C@@H](CC(N)=O)c1nnc(C)n1-2. The van der Waals surface area contributed by atoms with Gasteiger partial charge in [-0.25, -0.2) is 4.98 Å². The summed E-state index contributed by atoms with van der Waals surface area (Å²) in [6.45, 7) is 26.0. The number of hydrogen-bond acceptors (Lipinski definition) is 19. The lowest BCUT2D eigenvalue weighted by Crippen LogP contribution is -2.17. The van der Waals surface area contributed by atoms with Gasteiger partial charge in [0.15, 0.2) is 35.0 Å². The Morgan fingerprint density at radius 3 is 1.21 bits per heavy atom. The van der Waals surface area contributed by atoms with Crippen LogP contribution in [0.4, 0.5) is 0 Å². The number of halogens is 3. The summed E-state index contributed by atoms with van der Waals surface area (Å²) in [6.07, 6.45) is 5.08. The zero-order chi connectivity index (χ0) is 69.0. The molecule has 7 aromatic heterocycles. The van der Waals surface area contributed by atoms with Gasteiger partial charge in [-0.1, -0.05) is 106 Å². The number of aromatic nitrogens is 10. The largest absolute Gasteiger partial charge is 0.473 e. The van der Waals surface area contributed by atoms with Crippen LogP contribution in [0.1, 0.15) is 197 Å². The summed E-state index contributed by atoms with van der Waals surface area (Å²) in [7, 11) is 0. The number of nitrogens with zero attached hydrogens (tertiary/aromatic N) is 13. The maximum Gasteiger partial charge on any atom is 0.220 e. The number of ether oxygens (including phenoxy) is 1. The van der Waals surface area contributed by atoms with Crippen molar-refractivity contribution < 1.29 is 23.5 Å². The van der Waals surface area contributed by atoms with Crippen molar-refractivity contribution in [3.05, 3.63) is 205 Å². The number of rotatable bonds is 15. The van der Waals surface area contributed by atoms with E-state index >= 15 is 0 Å². The highest BCUT2D eigenvalue weighted by atomic mass is 35.5. The molecule has 0 aliphatic carbocycles. The van der Waals surface area contributed by atoms with Gasteiger partial charge in [0.2, 0.25) is 5.91 Å². The van der Waals surface area contributed by atoms with Crippen LogP contribution in [0.15, 0.2) is 98.5 Å². The minimum absolute atomic E-state index is 0. The molecule has 0 saturated carbocycles. The second-order valence-corrected chi connectivity index (χ2v) is 28.1. The van der Waals surface area contributed by atoms with Gasteiger partial charge >= 0.3 is 0 Å². The quantitative estimate of drug-likeness (QED) is 0.0717. The molecule has 3 atom stereocenters. The third-order valence-corrected chi connectivity index (χ3v) is 21.1. The van der Waals surface area contributed by atoms with Gasteiger partial charge in [-0.15, -0.1) is 64.6 Å². The van der Waals surface area contributed by atoms with Crippen molar-refractivity contribution in [3.8, 4) is 15.0 Å². The summed E-state index contributed by atoms with van der Waals surface area (Å²) in [4.78, 5) is 57.0. The molecule has 3 aliphatic heterocycles. The number of thiophene rings is 3. The topological polar surface area (TPSA) is 266 Å². The average Bonchev–Trinajstić information content (AvgIpc) is 1.61. The number of nitrogens with two attached hydrogens (primary N) is 1. The third-order valence-electron chi connectivity index (χ3n) is 16.8. The lowest BCUT2D eigenvalue weighted by molar-refractivity contribution is -0.121. The summed E-state index contributed by atoms with van der Waals surface area (Å²) >= 11 is 23.5. The average molecular weight is 1420 g/mol. The first-order valence-corrected chi connectivity index (χ1v) is 35.1. The molecule has 97 heavy (non-hydrogen) atoms. The first-order valence-electron chi connectivity index (χ1n) is 31.5. The van der Waals surface area contributed by atoms with Gasteiger partial charge in [0.25, 0.3) is 0 Å². The number of carbonyl (C=O) groups excluding carboxylic acids is 3. The standard InChI is InChI=1S/C23H24ClN5O2S.C23H22ClN5OS.C19H18ClN5OS.C5H10O.CH4/c1-5-17(30)11-31-19(25)10-18-22-28-27-14(4)29(22)23-20(12(2)13(3)32-23)21(26-18)15-6-8-16(24)9-7-15;1-5-17-11-30-19(25-17)10-18-22-28-27-14(4)29(22)23-20(12(2)13(3)31-23)21(26-18)15-6-8-16(24)9-7-15;1-9-10(2)27-19-16(9)17(12-4-6-13(20)7-5-12)22-14(8-15(21)26)18-24-23-11(3)25(18)19;1-3-5(6)4-2;/h6-9,18,25H,5,10-11H2,1-4H3;6-9,11,18H,5,10H2,1-4H3;4-7,14H,8H2,1-3H3,(H2,21,26);3-4H2,1-2H3;1H4/t2*18-;14-;;/m000../s1. The maximum atomic E-state index is 11.7. The van der Waals surface area contributed by atoms with Crippen LogP contribution in [0.5, 0.6) is 0 Å². The van der Waals surface area contributed by atoms with E-state index in [9.17, 15) is 14.4 Å². The molecule has 0 saturated heterocycles. The number of Topliss-reactive ketones (excluding diaryl/α,β-unsaturated/α-hetero) is 2. The molecule has 0 radical (unpaired) electrons. The van der Waals surface area contributed by atoms with Crippen LogP contribution >= 0.6 is 68.8 Å². The van der Waals surface area contributed by atoms with Crippen LogP contribution in [0.25, 0.3) is 15.0 Å². The molecule has 0 fully saturated rings. The minimum atomic E-state index is -0.492. The van der Waals surface area contributed by atoms with Crippen molar-refractivity contribution in [2.24, 2.45) is 20.7 Å². The Hall–Kier alpha value is -8.45. The molecule has 10 heterocycles. The fraction of sp³-hybridized carbons (Fsp3) is 0.352. The van der Waals surface area contributed by atoms with E-state index < -0.39 is 18.0 Å². The Morgan fingerprint density at radius 1 is 0.526 bits per heavy atom. The molecule has 0 unspecified atom stereocenters. The van der Waals surface area contributed by atoms with Crippen molar-refractivity contribution in [2.45, 2.75) is 161 Å². The predicted octanol–water partition coefficient (Wildman–Crippen LogP) is 16.4. The van der Waals surface area contributed by atoms with Gasteiger partial charge in [0.05, 0.1) is 42.1 Å². The summed E-state index contributed by atoms with van der Waals surface area (Å²) in [5, 5.41) is 39.6. The van der Waals surface area contributed by atoms with Crippen LogP contribution in [0.3, 0.4) is 0 Å². The van der Waals surface area contributed by atoms with Gasteiger partial charge < -0.3 is 14.9 Å². The van der Waals surface area contributed by atoms with Gasteiger partial charge in [-0.05, 0) is 122 Å². The van der Waals surface area contributed by atoms with Crippen molar-refractivity contribution in [3.63, 3.8) is 0 Å². The highest BCUT2D eigenvalue weighted by Crippen LogP contribution is 2.43. The summed E-state index contributed by atoms with van der Waals surface area (Å²) < 4.78 is 17.3. The van der Waals surface area contributed by atoms with Crippen LogP contribution < -0.4 is 5.73 Å². The first-order chi connectivity index (χ1) is 45.9. The fourth-order valence-electron chi connectivity index (χ4n) is 11.1. The Morgan fingerprint density at radius 2 is 0.876 bits per heavy atom. The van der Waals surface area contributed by atoms with Crippen molar-refractivity contribution in [2.75, 3.05) is 6.61 Å². The molecular weight excluding hydrogens is 1350 g/mol. The number of nitrogens with one attached hydrogen (secondary N) is 1. The van der Waals surface area contributed by atoms with E-state index in [0.717, 1.165) is 112 Å². The number of amides is 1. The second-order valence-electron chi connectivity index (χ2n) is 23.2. The molecule has 13 rings (SSSR count). The Balaban J connectivity index is 0.000000163. The Labute approximate surface area is 591 Å². The van der Waals surface area contributed by atoms with Crippen LogP contribution in [-0.2, 0) is 32.0 Å². The maximum absolute atomic E-state index is 11.7. The molecule has 506 valence electrons. The van der Waals surface area contributed by atoms with Gasteiger partial charge in [-0.2, -0.15) is 0 Å². The highest BCUT2D eigenvalue weighted by Gasteiger charge is 2.36. The van der Waals surface area contributed by atoms with E-state index in [2.05, 4.69) is 88.6 Å². The molecule has 20 nitrogen and oxygen atoms in total. The van der Waals surface area contributed by atoms with Gasteiger partial charge in [0.1, 0.15) is 69.3 Å². The van der Waals surface area contributed by atoms with Crippen molar-refractivity contribution in [1.82, 2.24) is 49.3 Å². The van der Waals surface area contributed by atoms with Gasteiger partial charge in [0, 0.05) is 82.3 Å². The third kappa shape index (κ3) is 15.6. The van der Waals surface area contributed by atoms with E-state index in [0.29, 0.717) is 64.1 Å². The van der Waals surface area contributed by atoms with E-state index in [1.165, 1.54) is 20.2 Å². The molecule has 3 N–H and O–H groups in total. The summed E-state index contributed by atoms with van der Waals surface area (Å²) in [6, 6.07) is 21.8. The smallest absolute Gasteiger partial charge is 0.220 e. The Bertz CT molecular complexity index is 4660. The molecule has 3 aromatic carbocycles. The number of primary amides is 1. The molecule has 0 bridgehead atoms. The zero-order valence-electron chi connectivity index (χ0n) is 55.7. The number of aliphatic imine (C=N–C) groups is 3. The number of fused-ring (bicyclic) bond motifs is 9. The van der Waals surface area contributed by atoms with E-state index in [1.807, 2.05) is 117 Å². The molecule has 3 aliphatic rings. The number of carbonyl (C=O) groups is 3. The molecule has 26 heteroatoms. The van der Waals surface area contributed by atoms with Crippen LogP contribution in [-0.4, -0.2) is 96.4 Å².